The van der Waals surface area contributed by atoms with Gasteiger partial charge in [-0.05, 0) is 74.6 Å². The average Bonchev–Trinajstić information content (AvgIpc) is 2.90. The van der Waals surface area contributed by atoms with Crippen LogP contribution in [0.3, 0.4) is 0 Å². The van der Waals surface area contributed by atoms with Crippen molar-refractivity contribution in [3.63, 3.8) is 0 Å². The Kier molecular flexibility index (Phi) is 8.84. The van der Waals surface area contributed by atoms with Gasteiger partial charge in [0.2, 0.25) is 11.9 Å². The Morgan fingerprint density at radius 1 is 1.19 bits per heavy atom. The van der Waals surface area contributed by atoms with Crippen LogP contribution in [0.5, 0.6) is 5.75 Å². The van der Waals surface area contributed by atoms with Gasteiger partial charge in [-0.2, -0.15) is 0 Å². The van der Waals surface area contributed by atoms with Gasteiger partial charge in [-0.3, -0.25) is 14.2 Å². The number of rotatable bonds is 9. The van der Waals surface area contributed by atoms with Crippen LogP contribution in [0.2, 0.25) is 5.02 Å². The molecule has 0 unspecified atom stereocenters. The number of amides is 1. The number of carbonyl (C=O) groups excluding carboxylic acids is 1. The first-order chi connectivity index (χ1) is 17.8. The molecule has 2 heterocycles. The quantitative estimate of drug-likeness (QED) is 0.389. The lowest BCUT2D eigenvalue weighted by Crippen LogP contribution is -2.33. The van der Waals surface area contributed by atoms with Crippen LogP contribution in [0.25, 0.3) is 0 Å². The van der Waals surface area contributed by atoms with E-state index in [1.54, 1.807) is 12.1 Å². The number of benzene rings is 2. The summed E-state index contributed by atoms with van der Waals surface area (Å²) in [6, 6.07) is 13.1. The highest BCUT2D eigenvalue weighted by molar-refractivity contribution is 6.30. The van der Waals surface area contributed by atoms with E-state index >= 15 is 0 Å². The second-order valence-corrected chi connectivity index (χ2v) is 9.79. The number of hydrogen-bond acceptors (Lipinski definition) is 6. The number of aromatic nitrogens is 2. The van der Waals surface area contributed by atoms with Crippen molar-refractivity contribution >= 4 is 34.8 Å². The Labute approximate surface area is 222 Å². The van der Waals surface area contributed by atoms with Crippen molar-refractivity contribution in [2.75, 3.05) is 23.8 Å². The predicted octanol–water partition coefficient (Wildman–Crippen LogP) is 5.40. The smallest absolute Gasteiger partial charge is 0.279 e. The average molecular weight is 525 g/mol. The van der Waals surface area contributed by atoms with Crippen molar-refractivity contribution in [2.24, 2.45) is 5.92 Å². The molecule has 1 amide bonds. The fraction of sp³-hybridized carbons (Fsp3) is 0.393. The molecule has 0 bridgehead atoms. The van der Waals surface area contributed by atoms with Gasteiger partial charge in [-0.25, -0.2) is 4.98 Å². The molecule has 37 heavy (non-hydrogen) atoms. The second-order valence-electron chi connectivity index (χ2n) is 9.36. The van der Waals surface area contributed by atoms with E-state index in [0.29, 0.717) is 37.0 Å². The van der Waals surface area contributed by atoms with E-state index < -0.39 is 0 Å². The van der Waals surface area contributed by atoms with E-state index in [1.165, 1.54) is 10.8 Å². The minimum atomic E-state index is -0.344. The van der Waals surface area contributed by atoms with Gasteiger partial charge >= 0.3 is 0 Å². The standard InChI is InChI=1S/C28H33ClN4O4/c1-4-20-15-23(9-10-25(20)37-18(2)3)31-28-30-16-24(32-26(34)21-11-13-36-14-12-21)27(35)33(28)17-19-5-7-22(29)8-6-19/h5-10,15-16,18,21H,4,11-14,17H2,1-3H3,(H,30,31)(H,32,34). The van der Waals surface area contributed by atoms with E-state index in [9.17, 15) is 9.59 Å². The molecule has 1 aliphatic heterocycles. The van der Waals surface area contributed by atoms with E-state index in [2.05, 4.69) is 22.5 Å². The molecular formula is C28H33ClN4O4. The summed E-state index contributed by atoms with van der Waals surface area (Å²) in [5.74, 6) is 0.827. The number of nitrogens with one attached hydrogen (secondary N) is 2. The number of ether oxygens (including phenoxy) is 2. The lowest BCUT2D eigenvalue weighted by Gasteiger charge is -2.21. The highest BCUT2D eigenvalue weighted by atomic mass is 35.5. The fourth-order valence-electron chi connectivity index (χ4n) is 4.22. The van der Waals surface area contributed by atoms with Gasteiger partial charge in [-0.1, -0.05) is 30.7 Å². The minimum Gasteiger partial charge on any atom is -0.491 e. The highest BCUT2D eigenvalue weighted by Gasteiger charge is 2.23. The molecule has 196 valence electrons. The molecule has 1 saturated heterocycles. The molecule has 4 rings (SSSR count). The van der Waals surface area contributed by atoms with Gasteiger partial charge in [0.05, 0.1) is 18.8 Å². The molecule has 2 aromatic carbocycles. The largest absolute Gasteiger partial charge is 0.491 e. The highest BCUT2D eigenvalue weighted by Crippen LogP contribution is 2.26. The SMILES string of the molecule is CCc1cc(Nc2ncc(NC(=O)C3CCOCC3)c(=O)n2Cc2ccc(Cl)cc2)ccc1OC(C)C. The van der Waals surface area contributed by atoms with Crippen LogP contribution in [-0.2, 0) is 22.5 Å². The van der Waals surface area contributed by atoms with Gasteiger partial charge in [-0.15, -0.1) is 0 Å². The Morgan fingerprint density at radius 2 is 1.92 bits per heavy atom. The molecule has 2 N–H and O–H groups in total. The van der Waals surface area contributed by atoms with Crippen molar-refractivity contribution in [1.29, 1.82) is 0 Å². The van der Waals surface area contributed by atoms with Gasteiger partial charge < -0.3 is 20.1 Å². The topological polar surface area (TPSA) is 94.5 Å². The van der Waals surface area contributed by atoms with E-state index in [1.807, 2.05) is 44.2 Å². The van der Waals surface area contributed by atoms with Crippen LogP contribution in [0.15, 0.2) is 53.5 Å². The maximum Gasteiger partial charge on any atom is 0.279 e. The molecule has 8 nitrogen and oxygen atoms in total. The summed E-state index contributed by atoms with van der Waals surface area (Å²) in [5, 5.41) is 6.69. The molecule has 3 aromatic rings. The van der Waals surface area contributed by atoms with Crippen LogP contribution >= 0.6 is 11.6 Å². The van der Waals surface area contributed by atoms with Crippen molar-refractivity contribution in [1.82, 2.24) is 9.55 Å². The van der Waals surface area contributed by atoms with Crippen LogP contribution in [0.4, 0.5) is 17.3 Å². The Morgan fingerprint density at radius 3 is 2.59 bits per heavy atom. The van der Waals surface area contributed by atoms with E-state index in [0.717, 1.165) is 29.0 Å². The zero-order valence-corrected chi connectivity index (χ0v) is 22.2. The third kappa shape index (κ3) is 6.90. The van der Waals surface area contributed by atoms with Crippen molar-refractivity contribution < 1.29 is 14.3 Å². The number of hydrogen-bond donors (Lipinski definition) is 2. The Hall–Kier alpha value is -3.36. The van der Waals surface area contributed by atoms with E-state index in [-0.39, 0.29) is 35.7 Å². The normalized spacial score (nSPS) is 14.0. The Balaban J connectivity index is 1.65. The van der Waals surface area contributed by atoms with Crippen LogP contribution < -0.4 is 20.9 Å². The summed E-state index contributed by atoms with van der Waals surface area (Å²) in [5.41, 5.74) is 2.50. The molecule has 1 aromatic heterocycles. The van der Waals surface area contributed by atoms with Crippen LogP contribution in [0, 0.1) is 5.92 Å². The summed E-state index contributed by atoms with van der Waals surface area (Å²) < 4.78 is 12.8. The third-order valence-corrected chi connectivity index (χ3v) is 6.46. The number of halogens is 1. The van der Waals surface area contributed by atoms with Gasteiger partial charge in [0.25, 0.3) is 5.56 Å². The third-order valence-electron chi connectivity index (χ3n) is 6.21. The summed E-state index contributed by atoms with van der Waals surface area (Å²) >= 11 is 6.05. The molecule has 1 fully saturated rings. The lowest BCUT2D eigenvalue weighted by atomic mass is 9.99. The predicted molar refractivity (Wildman–Crippen MR) is 146 cm³/mol. The zero-order valence-electron chi connectivity index (χ0n) is 21.4. The molecule has 9 heteroatoms. The molecule has 0 saturated carbocycles. The van der Waals surface area contributed by atoms with Crippen LogP contribution in [-0.4, -0.2) is 34.8 Å². The minimum absolute atomic E-state index is 0.0687. The van der Waals surface area contributed by atoms with Crippen molar-refractivity contribution in [3.05, 3.63) is 75.2 Å². The summed E-state index contributed by atoms with van der Waals surface area (Å²) in [4.78, 5) is 30.9. The number of anilines is 3. The fourth-order valence-corrected chi connectivity index (χ4v) is 4.35. The van der Waals surface area contributed by atoms with Crippen molar-refractivity contribution in [3.8, 4) is 5.75 Å². The maximum absolute atomic E-state index is 13.6. The first-order valence-electron chi connectivity index (χ1n) is 12.6. The number of carbonyl (C=O) groups is 1. The molecule has 0 aliphatic carbocycles. The zero-order chi connectivity index (χ0) is 26.4. The van der Waals surface area contributed by atoms with Gasteiger partial charge in [0.1, 0.15) is 11.4 Å². The Bertz CT molecular complexity index is 1280. The number of aryl methyl sites for hydroxylation is 1. The summed E-state index contributed by atoms with van der Waals surface area (Å²) in [7, 11) is 0. The second kappa shape index (κ2) is 12.3. The molecule has 0 spiro atoms. The first-order valence-corrected chi connectivity index (χ1v) is 13.0. The molecule has 0 atom stereocenters. The van der Waals surface area contributed by atoms with E-state index in [4.69, 9.17) is 21.1 Å². The summed E-state index contributed by atoms with van der Waals surface area (Å²) in [6.07, 6.45) is 3.54. The summed E-state index contributed by atoms with van der Waals surface area (Å²) in [6.45, 7) is 7.39. The van der Waals surface area contributed by atoms with Crippen molar-refractivity contribution in [2.45, 2.75) is 52.7 Å². The number of nitrogens with zero attached hydrogens (tertiary/aromatic N) is 2. The van der Waals surface area contributed by atoms with Gasteiger partial charge in [0, 0.05) is 29.8 Å². The maximum atomic E-state index is 13.6. The molecular weight excluding hydrogens is 492 g/mol. The molecule has 0 radical (unpaired) electrons. The van der Waals surface area contributed by atoms with Gasteiger partial charge in [0.15, 0.2) is 0 Å². The molecule has 1 aliphatic rings. The lowest BCUT2D eigenvalue weighted by molar-refractivity contribution is -0.122. The van der Waals surface area contributed by atoms with Crippen LogP contribution in [0.1, 0.15) is 44.7 Å². The monoisotopic (exact) mass is 524 g/mol. The first kappa shape index (κ1) is 26.7.